The van der Waals surface area contributed by atoms with E-state index in [1.165, 1.54) is 18.2 Å². The third kappa shape index (κ3) is 4.59. The van der Waals surface area contributed by atoms with Gasteiger partial charge in [-0.1, -0.05) is 30.4 Å². The minimum Gasteiger partial charge on any atom is -0.507 e. The molecule has 0 unspecified atom stereocenters. The fraction of sp³-hybridized carbons (Fsp3) is 0.111. The minimum atomic E-state index is -4.40. The Kier molecular flexibility index (Phi) is 3.84. The SMILES string of the molecule is O=S(=O)(O)OC/C=C/c1ccccc1O. The van der Waals surface area contributed by atoms with Gasteiger partial charge in [-0.15, -0.1) is 0 Å². The number of para-hydroxylation sites is 1. The van der Waals surface area contributed by atoms with E-state index in [2.05, 4.69) is 4.18 Å². The molecule has 0 fully saturated rings. The van der Waals surface area contributed by atoms with Crippen LogP contribution < -0.4 is 0 Å². The second kappa shape index (κ2) is 4.92. The standard InChI is InChI=1S/C9H10O5S/c10-9-6-2-1-4-8(9)5-3-7-14-15(11,12)13/h1-6,10H,7H2,(H,11,12,13)/b5-3+. The quantitative estimate of drug-likeness (QED) is 0.760. The third-order valence-corrected chi connectivity index (χ3v) is 1.98. The Morgan fingerprint density at radius 2 is 2.00 bits per heavy atom. The van der Waals surface area contributed by atoms with Crippen molar-refractivity contribution in [1.29, 1.82) is 0 Å². The second-order valence-corrected chi connectivity index (χ2v) is 3.76. The predicted molar refractivity (Wildman–Crippen MR) is 54.6 cm³/mol. The van der Waals surface area contributed by atoms with Crippen molar-refractivity contribution >= 4 is 16.5 Å². The summed E-state index contributed by atoms with van der Waals surface area (Å²) in [6.07, 6.45) is 2.85. The first-order valence-corrected chi connectivity index (χ1v) is 5.42. The van der Waals surface area contributed by atoms with Gasteiger partial charge >= 0.3 is 10.4 Å². The van der Waals surface area contributed by atoms with Crippen LogP contribution in [-0.2, 0) is 14.6 Å². The van der Waals surface area contributed by atoms with Crippen molar-refractivity contribution in [3.05, 3.63) is 35.9 Å². The molecule has 0 aliphatic carbocycles. The molecule has 0 spiro atoms. The van der Waals surface area contributed by atoms with Gasteiger partial charge in [0.05, 0.1) is 6.61 Å². The van der Waals surface area contributed by atoms with Crippen molar-refractivity contribution in [3.8, 4) is 5.75 Å². The van der Waals surface area contributed by atoms with Crippen LogP contribution in [0.1, 0.15) is 5.56 Å². The Hall–Kier alpha value is -1.37. The molecule has 0 amide bonds. The van der Waals surface area contributed by atoms with E-state index in [9.17, 15) is 13.5 Å². The van der Waals surface area contributed by atoms with E-state index in [0.29, 0.717) is 5.56 Å². The number of benzene rings is 1. The van der Waals surface area contributed by atoms with E-state index >= 15 is 0 Å². The van der Waals surface area contributed by atoms with Crippen LogP contribution in [-0.4, -0.2) is 24.7 Å². The average molecular weight is 230 g/mol. The molecule has 0 heterocycles. The van der Waals surface area contributed by atoms with Crippen molar-refractivity contribution in [3.63, 3.8) is 0 Å². The van der Waals surface area contributed by atoms with Crippen molar-refractivity contribution in [1.82, 2.24) is 0 Å². The average Bonchev–Trinajstić information content (AvgIpc) is 2.13. The number of hydrogen-bond donors (Lipinski definition) is 2. The summed E-state index contributed by atoms with van der Waals surface area (Å²) in [6, 6.07) is 6.55. The largest absolute Gasteiger partial charge is 0.507 e. The molecule has 0 saturated carbocycles. The van der Waals surface area contributed by atoms with E-state index < -0.39 is 10.4 Å². The van der Waals surface area contributed by atoms with Crippen LogP contribution in [0.25, 0.3) is 6.08 Å². The number of aromatic hydroxyl groups is 1. The molecule has 0 aromatic heterocycles. The van der Waals surface area contributed by atoms with Gasteiger partial charge in [0.15, 0.2) is 0 Å². The molecule has 2 N–H and O–H groups in total. The normalized spacial score (nSPS) is 12.1. The summed E-state index contributed by atoms with van der Waals surface area (Å²) in [7, 11) is -4.40. The molecule has 0 saturated heterocycles. The molecule has 0 aliphatic heterocycles. The number of phenols is 1. The van der Waals surface area contributed by atoms with E-state index in [4.69, 9.17) is 4.55 Å². The zero-order valence-corrected chi connectivity index (χ0v) is 8.52. The summed E-state index contributed by atoms with van der Waals surface area (Å²) in [5, 5.41) is 9.31. The van der Waals surface area contributed by atoms with Gasteiger partial charge in [0, 0.05) is 5.56 Å². The molecular weight excluding hydrogens is 220 g/mol. The zero-order chi connectivity index (χ0) is 11.3. The predicted octanol–water partition coefficient (Wildman–Crippen LogP) is 1.22. The fourth-order valence-corrected chi connectivity index (χ4v) is 1.18. The first-order chi connectivity index (χ1) is 6.99. The number of rotatable bonds is 4. The topological polar surface area (TPSA) is 83.8 Å². The monoisotopic (exact) mass is 230 g/mol. The Morgan fingerprint density at radius 3 is 2.60 bits per heavy atom. The molecule has 5 nitrogen and oxygen atoms in total. The van der Waals surface area contributed by atoms with Gasteiger partial charge in [0.2, 0.25) is 0 Å². The molecule has 1 rings (SSSR count). The lowest BCUT2D eigenvalue weighted by molar-refractivity contribution is 0.297. The maximum absolute atomic E-state index is 10.2. The zero-order valence-electron chi connectivity index (χ0n) is 7.70. The molecule has 15 heavy (non-hydrogen) atoms. The van der Waals surface area contributed by atoms with E-state index in [-0.39, 0.29) is 12.4 Å². The van der Waals surface area contributed by atoms with Gasteiger partial charge in [-0.05, 0) is 6.07 Å². The molecule has 6 heteroatoms. The summed E-state index contributed by atoms with van der Waals surface area (Å²) in [6.45, 7) is -0.285. The van der Waals surface area contributed by atoms with Gasteiger partial charge in [-0.2, -0.15) is 8.42 Å². The van der Waals surface area contributed by atoms with Gasteiger partial charge in [0.1, 0.15) is 5.75 Å². The van der Waals surface area contributed by atoms with Crippen LogP contribution in [0.5, 0.6) is 5.75 Å². The molecule has 0 aliphatic rings. The highest BCUT2D eigenvalue weighted by atomic mass is 32.3. The smallest absolute Gasteiger partial charge is 0.397 e. The van der Waals surface area contributed by atoms with Crippen LogP contribution >= 0.6 is 0 Å². The van der Waals surface area contributed by atoms with E-state index in [0.717, 1.165) is 0 Å². The van der Waals surface area contributed by atoms with Crippen molar-refractivity contribution in [2.75, 3.05) is 6.61 Å². The maximum atomic E-state index is 10.2. The Labute approximate surface area is 87.6 Å². The fourth-order valence-electron chi connectivity index (χ4n) is 0.929. The first kappa shape index (κ1) is 11.7. The molecule has 0 bridgehead atoms. The van der Waals surface area contributed by atoms with Crippen LogP contribution in [0.4, 0.5) is 0 Å². The molecular formula is C9H10O5S. The van der Waals surface area contributed by atoms with Gasteiger partial charge in [0.25, 0.3) is 0 Å². The van der Waals surface area contributed by atoms with Gasteiger partial charge in [-0.25, -0.2) is 4.18 Å². The third-order valence-electron chi connectivity index (χ3n) is 1.55. The van der Waals surface area contributed by atoms with Crippen LogP contribution in [0, 0.1) is 0 Å². The van der Waals surface area contributed by atoms with Gasteiger partial charge in [-0.3, -0.25) is 4.55 Å². The summed E-state index contributed by atoms with van der Waals surface area (Å²) >= 11 is 0. The highest BCUT2D eigenvalue weighted by Gasteiger charge is 2.00. The first-order valence-electron chi connectivity index (χ1n) is 4.05. The minimum absolute atomic E-state index is 0.0839. The maximum Gasteiger partial charge on any atom is 0.397 e. The molecule has 0 atom stereocenters. The van der Waals surface area contributed by atoms with Crippen molar-refractivity contribution < 1.29 is 22.3 Å². The molecule has 1 aromatic rings. The lowest BCUT2D eigenvalue weighted by atomic mass is 10.2. The summed E-state index contributed by atoms with van der Waals surface area (Å²) < 4.78 is 32.6. The van der Waals surface area contributed by atoms with E-state index in [1.807, 2.05) is 0 Å². The number of phenolic OH excluding ortho intramolecular Hbond substituents is 1. The Balaban J connectivity index is 2.56. The van der Waals surface area contributed by atoms with E-state index in [1.54, 1.807) is 18.2 Å². The summed E-state index contributed by atoms with van der Waals surface area (Å²) in [4.78, 5) is 0. The highest BCUT2D eigenvalue weighted by Crippen LogP contribution is 2.16. The van der Waals surface area contributed by atoms with Crippen molar-refractivity contribution in [2.24, 2.45) is 0 Å². The lowest BCUT2D eigenvalue weighted by Gasteiger charge is -1.97. The molecule has 82 valence electrons. The van der Waals surface area contributed by atoms with Crippen LogP contribution in [0.3, 0.4) is 0 Å². The second-order valence-electron chi connectivity index (χ2n) is 2.67. The number of hydrogen-bond acceptors (Lipinski definition) is 4. The summed E-state index contributed by atoms with van der Waals surface area (Å²) in [5.74, 6) is 0.0839. The Morgan fingerprint density at radius 1 is 1.33 bits per heavy atom. The molecule has 1 aromatic carbocycles. The van der Waals surface area contributed by atoms with Crippen LogP contribution in [0.15, 0.2) is 30.3 Å². The lowest BCUT2D eigenvalue weighted by Crippen LogP contribution is -2.02. The summed E-state index contributed by atoms with van der Waals surface area (Å²) in [5.41, 5.74) is 0.538. The highest BCUT2D eigenvalue weighted by molar-refractivity contribution is 7.80. The van der Waals surface area contributed by atoms with Gasteiger partial charge < -0.3 is 5.11 Å². The van der Waals surface area contributed by atoms with Crippen LogP contribution in [0.2, 0.25) is 0 Å². The molecule has 0 radical (unpaired) electrons. The van der Waals surface area contributed by atoms with Crippen molar-refractivity contribution in [2.45, 2.75) is 0 Å². The Bertz CT molecular complexity index is 449.